The quantitative estimate of drug-likeness (QED) is 0.798. The monoisotopic (exact) mass is 241 g/mol. The van der Waals surface area contributed by atoms with Crippen molar-refractivity contribution < 1.29 is 13.5 Å². The largest absolute Gasteiger partial charge is 0.377 e. The van der Waals surface area contributed by atoms with Crippen LogP contribution in [-0.2, 0) is 11.2 Å². The SMILES string of the molecule is Fc1ccc(CCNCC2CCCO2)cc1F. The average Bonchev–Trinajstić information content (AvgIpc) is 2.82. The first kappa shape index (κ1) is 12.5. The number of rotatable bonds is 5. The van der Waals surface area contributed by atoms with Crippen LogP contribution in [0.15, 0.2) is 18.2 Å². The Bertz CT molecular complexity index is 364. The van der Waals surface area contributed by atoms with Crippen molar-refractivity contribution in [2.75, 3.05) is 19.7 Å². The van der Waals surface area contributed by atoms with Crippen LogP contribution in [-0.4, -0.2) is 25.8 Å². The fourth-order valence-corrected chi connectivity index (χ4v) is 2.00. The summed E-state index contributed by atoms with van der Waals surface area (Å²) in [6.45, 7) is 2.45. The molecule has 0 aliphatic carbocycles. The Morgan fingerprint density at radius 2 is 2.18 bits per heavy atom. The van der Waals surface area contributed by atoms with Gasteiger partial charge in [-0.25, -0.2) is 8.78 Å². The van der Waals surface area contributed by atoms with Gasteiger partial charge in [0.25, 0.3) is 0 Å². The second-order valence-corrected chi connectivity index (χ2v) is 4.34. The minimum atomic E-state index is -0.791. The van der Waals surface area contributed by atoms with Crippen LogP contribution < -0.4 is 5.32 Å². The minimum Gasteiger partial charge on any atom is -0.377 e. The molecule has 1 atom stereocenters. The van der Waals surface area contributed by atoms with Crippen LogP contribution in [0.2, 0.25) is 0 Å². The summed E-state index contributed by atoms with van der Waals surface area (Å²) >= 11 is 0. The third kappa shape index (κ3) is 3.75. The summed E-state index contributed by atoms with van der Waals surface area (Å²) in [6, 6.07) is 4.04. The second-order valence-electron chi connectivity index (χ2n) is 4.34. The zero-order valence-corrected chi connectivity index (χ0v) is 9.72. The van der Waals surface area contributed by atoms with Crippen molar-refractivity contribution >= 4 is 0 Å². The Labute approximate surface area is 100.0 Å². The van der Waals surface area contributed by atoms with Crippen molar-refractivity contribution in [3.8, 4) is 0 Å². The van der Waals surface area contributed by atoms with Gasteiger partial charge in [-0.1, -0.05) is 6.07 Å². The maximum Gasteiger partial charge on any atom is 0.159 e. The van der Waals surface area contributed by atoms with E-state index in [1.807, 2.05) is 0 Å². The van der Waals surface area contributed by atoms with Crippen molar-refractivity contribution in [2.24, 2.45) is 0 Å². The second kappa shape index (κ2) is 6.07. The highest BCUT2D eigenvalue weighted by atomic mass is 19.2. The maximum absolute atomic E-state index is 12.9. The molecular formula is C13H17F2NO. The summed E-state index contributed by atoms with van der Waals surface area (Å²) in [5.41, 5.74) is 0.809. The standard InChI is InChI=1S/C13H17F2NO/c14-12-4-3-10(8-13(12)15)5-6-16-9-11-2-1-7-17-11/h3-4,8,11,16H,1-2,5-7,9H2. The van der Waals surface area contributed by atoms with E-state index < -0.39 is 11.6 Å². The van der Waals surface area contributed by atoms with Crippen molar-refractivity contribution in [2.45, 2.75) is 25.4 Å². The Hall–Kier alpha value is -1.00. The molecular weight excluding hydrogens is 224 g/mol. The fraction of sp³-hybridized carbons (Fsp3) is 0.538. The first-order chi connectivity index (χ1) is 8.25. The van der Waals surface area contributed by atoms with Gasteiger partial charge in [-0.2, -0.15) is 0 Å². The zero-order chi connectivity index (χ0) is 12.1. The lowest BCUT2D eigenvalue weighted by molar-refractivity contribution is 0.110. The molecule has 1 N–H and O–H groups in total. The highest BCUT2D eigenvalue weighted by molar-refractivity contribution is 5.17. The molecule has 94 valence electrons. The van der Waals surface area contributed by atoms with Crippen LogP contribution in [0, 0.1) is 11.6 Å². The maximum atomic E-state index is 12.9. The van der Waals surface area contributed by atoms with Gasteiger partial charge in [-0.05, 0) is 43.5 Å². The molecule has 17 heavy (non-hydrogen) atoms. The van der Waals surface area contributed by atoms with Crippen molar-refractivity contribution in [1.82, 2.24) is 5.32 Å². The van der Waals surface area contributed by atoms with Gasteiger partial charge < -0.3 is 10.1 Å². The van der Waals surface area contributed by atoms with Crippen LogP contribution in [0.1, 0.15) is 18.4 Å². The number of benzene rings is 1. The Kier molecular flexibility index (Phi) is 4.45. The van der Waals surface area contributed by atoms with Crippen LogP contribution in [0.5, 0.6) is 0 Å². The molecule has 0 radical (unpaired) electrons. The topological polar surface area (TPSA) is 21.3 Å². The molecule has 0 aromatic heterocycles. The third-order valence-electron chi connectivity index (χ3n) is 2.97. The molecule has 1 aromatic rings. The van der Waals surface area contributed by atoms with E-state index in [2.05, 4.69) is 5.32 Å². The van der Waals surface area contributed by atoms with Gasteiger partial charge in [-0.15, -0.1) is 0 Å². The molecule has 4 heteroatoms. The summed E-state index contributed by atoms with van der Waals surface area (Å²) in [5.74, 6) is -1.57. The summed E-state index contributed by atoms with van der Waals surface area (Å²) in [6.07, 6.45) is 3.26. The Morgan fingerprint density at radius 1 is 1.29 bits per heavy atom. The molecule has 0 saturated carbocycles. The molecule has 1 fully saturated rings. The number of ether oxygens (including phenoxy) is 1. The van der Waals surface area contributed by atoms with E-state index in [0.717, 1.165) is 38.1 Å². The number of hydrogen-bond acceptors (Lipinski definition) is 2. The van der Waals surface area contributed by atoms with Gasteiger partial charge in [0.2, 0.25) is 0 Å². The van der Waals surface area contributed by atoms with E-state index in [9.17, 15) is 8.78 Å². The van der Waals surface area contributed by atoms with E-state index in [-0.39, 0.29) is 0 Å². The van der Waals surface area contributed by atoms with Gasteiger partial charge in [0.05, 0.1) is 6.10 Å². The molecule has 1 unspecified atom stereocenters. The molecule has 0 bridgehead atoms. The molecule has 2 nitrogen and oxygen atoms in total. The van der Waals surface area contributed by atoms with E-state index in [0.29, 0.717) is 12.5 Å². The van der Waals surface area contributed by atoms with Crippen LogP contribution in [0.25, 0.3) is 0 Å². The Balaban J connectivity index is 1.68. The summed E-state index contributed by atoms with van der Waals surface area (Å²) < 4.78 is 31.1. The lowest BCUT2D eigenvalue weighted by Gasteiger charge is -2.10. The molecule has 1 aliphatic heterocycles. The van der Waals surface area contributed by atoms with Gasteiger partial charge in [0, 0.05) is 13.2 Å². The number of hydrogen-bond donors (Lipinski definition) is 1. The lowest BCUT2D eigenvalue weighted by Crippen LogP contribution is -2.27. The number of nitrogens with one attached hydrogen (secondary N) is 1. The van der Waals surface area contributed by atoms with E-state index in [4.69, 9.17) is 4.74 Å². The predicted molar refractivity (Wildman–Crippen MR) is 61.9 cm³/mol. The van der Waals surface area contributed by atoms with Crippen molar-refractivity contribution in [3.05, 3.63) is 35.4 Å². The molecule has 0 amide bonds. The summed E-state index contributed by atoms with van der Waals surface area (Å²) in [4.78, 5) is 0. The highest BCUT2D eigenvalue weighted by Crippen LogP contribution is 2.11. The molecule has 1 aromatic carbocycles. The summed E-state index contributed by atoms with van der Waals surface area (Å²) in [5, 5.41) is 3.27. The van der Waals surface area contributed by atoms with Crippen LogP contribution >= 0.6 is 0 Å². The number of halogens is 2. The molecule has 2 rings (SSSR count). The fourth-order valence-electron chi connectivity index (χ4n) is 2.00. The van der Waals surface area contributed by atoms with Gasteiger partial charge >= 0.3 is 0 Å². The lowest BCUT2D eigenvalue weighted by atomic mass is 10.1. The van der Waals surface area contributed by atoms with E-state index in [1.165, 1.54) is 12.1 Å². The Morgan fingerprint density at radius 3 is 2.88 bits per heavy atom. The van der Waals surface area contributed by atoms with Gasteiger partial charge in [0.1, 0.15) is 0 Å². The third-order valence-corrected chi connectivity index (χ3v) is 2.97. The molecule has 1 aliphatic rings. The highest BCUT2D eigenvalue weighted by Gasteiger charge is 2.14. The smallest absolute Gasteiger partial charge is 0.159 e. The van der Waals surface area contributed by atoms with Gasteiger partial charge in [-0.3, -0.25) is 0 Å². The summed E-state index contributed by atoms with van der Waals surface area (Å²) in [7, 11) is 0. The minimum absolute atomic E-state index is 0.319. The average molecular weight is 241 g/mol. The van der Waals surface area contributed by atoms with Crippen LogP contribution in [0.4, 0.5) is 8.78 Å². The van der Waals surface area contributed by atoms with E-state index >= 15 is 0 Å². The predicted octanol–water partition coefficient (Wildman–Crippen LogP) is 2.28. The van der Waals surface area contributed by atoms with Crippen molar-refractivity contribution in [3.63, 3.8) is 0 Å². The van der Waals surface area contributed by atoms with Gasteiger partial charge in [0.15, 0.2) is 11.6 Å². The molecule has 1 heterocycles. The molecule has 1 saturated heterocycles. The van der Waals surface area contributed by atoms with Crippen LogP contribution in [0.3, 0.4) is 0 Å². The van der Waals surface area contributed by atoms with Crippen molar-refractivity contribution in [1.29, 1.82) is 0 Å². The molecule has 0 spiro atoms. The zero-order valence-electron chi connectivity index (χ0n) is 9.72. The normalized spacial score (nSPS) is 19.8. The first-order valence-electron chi connectivity index (χ1n) is 6.02. The first-order valence-corrected chi connectivity index (χ1v) is 6.02. The van der Waals surface area contributed by atoms with E-state index in [1.54, 1.807) is 6.07 Å².